The Balaban J connectivity index is 2.11. The van der Waals surface area contributed by atoms with Crippen LogP contribution in [0.5, 0.6) is 0 Å². The number of piperazine rings is 1. The third kappa shape index (κ3) is 5.79. The second kappa shape index (κ2) is 8.00. The first-order valence-electron chi connectivity index (χ1n) is 6.30. The predicted octanol–water partition coefficient (Wildman–Crippen LogP) is -0.354. The zero-order valence-corrected chi connectivity index (χ0v) is 11.3. The average Bonchev–Trinajstić information content (AvgIpc) is 2.30. The van der Waals surface area contributed by atoms with Gasteiger partial charge < -0.3 is 19.5 Å². The van der Waals surface area contributed by atoms with Gasteiger partial charge in [-0.25, -0.2) is 0 Å². The van der Waals surface area contributed by atoms with Crippen molar-refractivity contribution >= 4 is 0 Å². The van der Waals surface area contributed by atoms with Crippen molar-refractivity contribution in [1.82, 2.24) is 9.80 Å². The molecule has 5 heteroatoms. The fraction of sp³-hybridized carbons (Fsp3) is 1.00. The predicted molar refractivity (Wildman–Crippen MR) is 67.2 cm³/mol. The van der Waals surface area contributed by atoms with Gasteiger partial charge in [0.1, 0.15) is 0 Å². The summed E-state index contributed by atoms with van der Waals surface area (Å²) in [6.07, 6.45) is -0.400. The van der Waals surface area contributed by atoms with Crippen molar-refractivity contribution in [3.05, 3.63) is 0 Å². The summed E-state index contributed by atoms with van der Waals surface area (Å²) in [6.45, 7) is 7.55. The van der Waals surface area contributed by atoms with Crippen molar-refractivity contribution in [3.63, 3.8) is 0 Å². The zero-order chi connectivity index (χ0) is 12.7. The summed E-state index contributed by atoms with van der Waals surface area (Å²) < 4.78 is 10.2. The highest BCUT2D eigenvalue weighted by molar-refractivity contribution is 4.78. The number of rotatable bonds is 7. The van der Waals surface area contributed by atoms with Crippen LogP contribution in [0.1, 0.15) is 6.92 Å². The lowest BCUT2D eigenvalue weighted by atomic mass is 10.2. The number of ether oxygens (including phenoxy) is 2. The largest absolute Gasteiger partial charge is 0.389 e. The summed E-state index contributed by atoms with van der Waals surface area (Å²) in [4.78, 5) is 4.65. The van der Waals surface area contributed by atoms with Gasteiger partial charge in [0.15, 0.2) is 0 Å². The van der Waals surface area contributed by atoms with Gasteiger partial charge in [-0.05, 0) is 14.0 Å². The lowest BCUT2D eigenvalue weighted by Gasteiger charge is -2.38. The van der Waals surface area contributed by atoms with Crippen LogP contribution in [0.15, 0.2) is 0 Å². The van der Waals surface area contributed by atoms with E-state index < -0.39 is 6.10 Å². The van der Waals surface area contributed by atoms with Gasteiger partial charge in [-0.15, -0.1) is 0 Å². The van der Waals surface area contributed by atoms with E-state index >= 15 is 0 Å². The average molecular weight is 246 g/mol. The molecule has 0 amide bonds. The van der Waals surface area contributed by atoms with E-state index in [9.17, 15) is 5.11 Å². The molecule has 0 spiro atoms. The van der Waals surface area contributed by atoms with Gasteiger partial charge in [0.05, 0.1) is 25.9 Å². The van der Waals surface area contributed by atoms with Crippen LogP contribution in [0.4, 0.5) is 0 Å². The van der Waals surface area contributed by atoms with Crippen LogP contribution in [0.2, 0.25) is 0 Å². The summed E-state index contributed by atoms with van der Waals surface area (Å²) in [5.74, 6) is 0. The molecular formula is C12H26N2O3. The van der Waals surface area contributed by atoms with Crippen molar-refractivity contribution in [2.75, 3.05) is 60.2 Å². The van der Waals surface area contributed by atoms with E-state index in [1.807, 2.05) is 0 Å². The number of hydrogen-bond donors (Lipinski definition) is 1. The van der Waals surface area contributed by atoms with E-state index in [1.165, 1.54) is 0 Å². The molecule has 1 saturated heterocycles. The molecule has 0 aromatic carbocycles. The highest BCUT2D eigenvalue weighted by Gasteiger charge is 2.22. The van der Waals surface area contributed by atoms with Crippen LogP contribution >= 0.6 is 0 Å². The lowest BCUT2D eigenvalue weighted by molar-refractivity contribution is -0.0103. The maximum Gasteiger partial charge on any atom is 0.0900 e. The summed E-state index contributed by atoms with van der Waals surface area (Å²) >= 11 is 0. The van der Waals surface area contributed by atoms with Crippen LogP contribution in [0.25, 0.3) is 0 Å². The number of aliphatic hydroxyl groups is 1. The number of β-amino-alcohol motifs (C(OH)–C–C–N with tert-alkyl or cyclic N) is 1. The molecule has 0 saturated carbocycles. The standard InChI is InChI=1S/C12H26N2O3/c1-11-8-14(5-4-13(11)2)9-12(15)10-17-7-6-16-3/h11-12,15H,4-10H2,1-3H3. The van der Waals surface area contributed by atoms with Crippen molar-refractivity contribution in [2.45, 2.75) is 19.1 Å². The maximum absolute atomic E-state index is 9.83. The molecule has 1 N–H and O–H groups in total. The van der Waals surface area contributed by atoms with Gasteiger partial charge in [-0.1, -0.05) is 0 Å². The number of nitrogens with zero attached hydrogens (tertiary/aromatic N) is 2. The molecule has 0 bridgehead atoms. The normalized spacial score (nSPS) is 25.1. The minimum absolute atomic E-state index is 0.393. The molecule has 1 fully saturated rings. The second-order valence-corrected chi connectivity index (χ2v) is 4.81. The number of likely N-dealkylation sites (N-methyl/N-ethyl adjacent to an activating group) is 1. The smallest absolute Gasteiger partial charge is 0.0900 e. The molecule has 1 aliphatic heterocycles. The first kappa shape index (κ1) is 14.9. The molecule has 0 aromatic heterocycles. The molecule has 1 aliphatic rings. The Morgan fingerprint density at radius 3 is 2.76 bits per heavy atom. The van der Waals surface area contributed by atoms with Gasteiger partial charge in [-0.2, -0.15) is 0 Å². The Hall–Kier alpha value is -0.200. The number of aliphatic hydroxyl groups excluding tert-OH is 1. The topological polar surface area (TPSA) is 45.2 Å². The Bertz CT molecular complexity index is 204. The minimum atomic E-state index is -0.400. The number of hydrogen-bond acceptors (Lipinski definition) is 5. The van der Waals surface area contributed by atoms with Gasteiger partial charge in [0.25, 0.3) is 0 Å². The van der Waals surface area contributed by atoms with Gasteiger partial charge in [0.2, 0.25) is 0 Å². The fourth-order valence-electron chi connectivity index (χ4n) is 2.00. The summed E-state index contributed by atoms with van der Waals surface area (Å²) in [5, 5.41) is 9.83. The SMILES string of the molecule is COCCOCC(O)CN1CCN(C)C(C)C1. The molecule has 0 radical (unpaired) electrons. The first-order chi connectivity index (χ1) is 8.13. The Kier molecular flexibility index (Phi) is 6.99. The summed E-state index contributed by atoms with van der Waals surface area (Å²) in [5.41, 5.74) is 0. The third-order valence-electron chi connectivity index (χ3n) is 3.25. The maximum atomic E-state index is 9.83. The number of methoxy groups -OCH3 is 1. The van der Waals surface area contributed by atoms with E-state index in [2.05, 4.69) is 23.8 Å². The van der Waals surface area contributed by atoms with Gasteiger partial charge >= 0.3 is 0 Å². The van der Waals surface area contributed by atoms with Crippen molar-refractivity contribution < 1.29 is 14.6 Å². The fourth-order valence-corrected chi connectivity index (χ4v) is 2.00. The summed E-state index contributed by atoms with van der Waals surface area (Å²) in [6, 6.07) is 0.561. The molecule has 5 nitrogen and oxygen atoms in total. The molecule has 2 unspecified atom stereocenters. The van der Waals surface area contributed by atoms with E-state index in [1.54, 1.807) is 7.11 Å². The Morgan fingerprint density at radius 2 is 2.12 bits per heavy atom. The van der Waals surface area contributed by atoms with Gasteiger partial charge in [0, 0.05) is 39.3 Å². The Labute approximate surface area is 104 Å². The van der Waals surface area contributed by atoms with Crippen LogP contribution in [0.3, 0.4) is 0 Å². The van der Waals surface area contributed by atoms with E-state index in [4.69, 9.17) is 9.47 Å². The minimum Gasteiger partial charge on any atom is -0.389 e. The molecule has 0 aliphatic carbocycles. The molecule has 2 atom stereocenters. The molecular weight excluding hydrogens is 220 g/mol. The second-order valence-electron chi connectivity index (χ2n) is 4.81. The first-order valence-corrected chi connectivity index (χ1v) is 6.30. The molecule has 1 rings (SSSR count). The monoisotopic (exact) mass is 246 g/mol. The highest BCUT2D eigenvalue weighted by atomic mass is 16.5. The van der Waals surface area contributed by atoms with Crippen LogP contribution < -0.4 is 0 Å². The van der Waals surface area contributed by atoms with Crippen molar-refractivity contribution in [1.29, 1.82) is 0 Å². The van der Waals surface area contributed by atoms with Gasteiger partial charge in [-0.3, -0.25) is 4.90 Å². The van der Waals surface area contributed by atoms with E-state index in [0.29, 0.717) is 32.4 Å². The van der Waals surface area contributed by atoms with Crippen LogP contribution in [0, 0.1) is 0 Å². The third-order valence-corrected chi connectivity index (χ3v) is 3.25. The molecule has 102 valence electrons. The van der Waals surface area contributed by atoms with Crippen LogP contribution in [-0.2, 0) is 9.47 Å². The quantitative estimate of drug-likeness (QED) is 0.622. The Morgan fingerprint density at radius 1 is 1.35 bits per heavy atom. The van der Waals surface area contributed by atoms with E-state index in [0.717, 1.165) is 19.6 Å². The van der Waals surface area contributed by atoms with Crippen molar-refractivity contribution in [2.24, 2.45) is 0 Å². The summed E-state index contributed by atoms with van der Waals surface area (Å²) in [7, 11) is 3.79. The van der Waals surface area contributed by atoms with Crippen LogP contribution in [-0.4, -0.2) is 87.2 Å². The molecule has 1 heterocycles. The highest BCUT2D eigenvalue weighted by Crippen LogP contribution is 2.07. The molecule has 17 heavy (non-hydrogen) atoms. The molecule has 0 aromatic rings. The lowest BCUT2D eigenvalue weighted by Crippen LogP contribution is -2.52. The zero-order valence-electron chi connectivity index (χ0n) is 11.3. The van der Waals surface area contributed by atoms with Crippen molar-refractivity contribution in [3.8, 4) is 0 Å². The van der Waals surface area contributed by atoms with E-state index in [-0.39, 0.29) is 0 Å².